The van der Waals surface area contributed by atoms with Crippen LogP contribution in [-0.2, 0) is 10.3 Å². The zero-order chi connectivity index (χ0) is 21.9. The maximum absolute atomic E-state index is 7.13. The van der Waals surface area contributed by atoms with Gasteiger partial charge in [0.1, 0.15) is 0 Å². The van der Waals surface area contributed by atoms with Gasteiger partial charge in [-0.25, -0.2) is 0 Å². The number of hydrogen-bond acceptors (Lipinski definition) is 2. The molecule has 2 nitrogen and oxygen atoms in total. The molecular weight excluding hydrogens is 375 g/mol. The summed E-state index contributed by atoms with van der Waals surface area (Å²) in [6, 6.07) is 29.4. The number of ether oxygens (including phenoxy) is 2. The molecule has 0 N–H and O–H groups in total. The molecule has 31 heavy (non-hydrogen) atoms. The summed E-state index contributed by atoms with van der Waals surface area (Å²) in [7, 11) is 1.70. The van der Waals surface area contributed by atoms with Gasteiger partial charge in [0.05, 0.1) is 0 Å². The zero-order valence-corrected chi connectivity index (χ0v) is 19.0. The van der Waals surface area contributed by atoms with Crippen LogP contribution in [0.5, 0.6) is 5.75 Å². The van der Waals surface area contributed by atoms with Crippen LogP contribution in [0, 0.1) is 0 Å². The third-order valence-corrected chi connectivity index (χ3v) is 5.68. The molecule has 0 aliphatic carbocycles. The van der Waals surface area contributed by atoms with E-state index in [-0.39, 0.29) is 6.10 Å². The molecule has 1 unspecified atom stereocenters. The van der Waals surface area contributed by atoms with Gasteiger partial charge in [0, 0.05) is 0 Å². The van der Waals surface area contributed by atoms with Crippen LogP contribution in [0.3, 0.4) is 0 Å². The first-order chi connectivity index (χ1) is 15.2. The molecular formula is C28H31LiO2. The van der Waals surface area contributed by atoms with Gasteiger partial charge in [0.25, 0.3) is 0 Å². The minimum atomic E-state index is -0.717. The van der Waals surface area contributed by atoms with E-state index < -0.39 is 5.60 Å². The second-order valence-corrected chi connectivity index (χ2v) is 7.82. The molecule has 3 heteroatoms. The van der Waals surface area contributed by atoms with E-state index in [0.717, 1.165) is 35.3 Å². The van der Waals surface area contributed by atoms with E-state index in [0.29, 0.717) is 0 Å². The average molecular weight is 406 g/mol. The maximum atomic E-state index is 7.13. The molecule has 0 radical (unpaired) electrons. The quantitative estimate of drug-likeness (QED) is 0.202. The molecule has 0 saturated carbocycles. The topological polar surface area (TPSA) is 18.5 Å². The fraction of sp³-hybridized carbons (Fsp3) is 0.286. The second-order valence-electron chi connectivity index (χ2n) is 7.82. The summed E-state index contributed by atoms with van der Waals surface area (Å²) in [4.78, 5) is 0. The number of methoxy groups -OCH3 is 1. The van der Waals surface area contributed by atoms with Gasteiger partial charge in [0.2, 0.25) is 0 Å². The number of unbranched alkanes of at least 4 members (excludes halogenated alkanes) is 2. The third-order valence-electron chi connectivity index (χ3n) is 5.68. The van der Waals surface area contributed by atoms with Crippen molar-refractivity contribution in [1.82, 2.24) is 0 Å². The molecule has 0 fully saturated rings. The van der Waals surface area contributed by atoms with Gasteiger partial charge in [-0.05, 0) is 0 Å². The van der Waals surface area contributed by atoms with Crippen LogP contribution in [0.1, 0.15) is 49.3 Å². The molecule has 156 valence electrons. The van der Waals surface area contributed by atoms with E-state index >= 15 is 0 Å². The van der Waals surface area contributed by atoms with Crippen molar-refractivity contribution >= 4 is 17.7 Å². The molecule has 0 aromatic heterocycles. The second kappa shape index (κ2) is 12.0. The van der Waals surface area contributed by atoms with Crippen molar-refractivity contribution in [2.45, 2.75) is 44.3 Å². The molecule has 0 aliphatic rings. The summed E-state index contributed by atoms with van der Waals surface area (Å²) in [6.07, 6.45) is 6.76. The van der Waals surface area contributed by atoms with E-state index in [4.69, 9.17) is 9.47 Å². The zero-order valence-electron chi connectivity index (χ0n) is 19.0. The van der Waals surface area contributed by atoms with Gasteiger partial charge in [-0.2, -0.15) is 0 Å². The first-order valence-electron chi connectivity index (χ1n) is 11.3. The van der Waals surface area contributed by atoms with Gasteiger partial charge in [-0.1, -0.05) is 0 Å². The van der Waals surface area contributed by atoms with Gasteiger partial charge < -0.3 is 0 Å². The first-order valence-corrected chi connectivity index (χ1v) is 11.3. The van der Waals surface area contributed by atoms with Gasteiger partial charge in [0.15, 0.2) is 0 Å². The average Bonchev–Trinajstić information content (AvgIpc) is 2.84. The SMILES string of the molecule is [Li]/[CH]=C/C(CCCCC)OC(c1ccccc1)(c1ccccc1)c1ccc(OC)cc1. The van der Waals surface area contributed by atoms with Crippen LogP contribution < -0.4 is 4.74 Å². The standard InChI is InChI=1S/C28H31O2.Li/c1-4-6-9-18-26(5-2)30-28(23-14-10-7-11-15-23,24-16-12-8-13-17-24)25-19-21-27(29-3)22-20-25;/h2,5,7-8,10-17,19-22,26H,4,6,9,18H2,1,3H3;. The van der Waals surface area contributed by atoms with Crippen LogP contribution >= 0.6 is 0 Å². The number of hydrogen-bond donors (Lipinski definition) is 0. The van der Waals surface area contributed by atoms with Crippen molar-refractivity contribution in [3.63, 3.8) is 0 Å². The Morgan fingerprint density at radius 1 is 0.806 bits per heavy atom. The molecule has 0 heterocycles. The predicted octanol–water partition coefficient (Wildman–Crippen LogP) is 6.63. The monoisotopic (exact) mass is 406 g/mol. The summed E-state index contributed by atoms with van der Waals surface area (Å²) in [5.74, 6) is 0.840. The van der Waals surface area contributed by atoms with Crippen molar-refractivity contribution < 1.29 is 9.47 Å². The van der Waals surface area contributed by atoms with Crippen LogP contribution in [0.15, 0.2) is 95.8 Å². The van der Waals surface area contributed by atoms with E-state index in [1.165, 1.54) is 12.8 Å². The van der Waals surface area contributed by atoms with E-state index in [9.17, 15) is 0 Å². The Bertz CT molecular complexity index is 881. The Kier molecular flexibility index (Phi) is 9.04. The summed E-state index contributed by atoms with van der Waals surface area (Å²) in [6.45, 7) is 2.24. The van der Waals surface area contributed by atoms with E-state index in [2.05, 4.69) is 108 Å². The minimum absolute atomic E-state index is 0.0130. The van der Waals surface area contributed by atoms with Crippen molar-refractivity contribution in [2.24, 2.45) is 0 Å². The summed E-state index contributed by atoms with van der Waals surface area (Å²) < 4.78 is 14.7. The van der Waals surface area contributed by atoms with E-state index in [1.54, 1.807) is 7.11 Å². The van der Waals surface area contributed by atoms with Crippen molar-refractivity contribution in [1.29, 1.82) is 0 Å². The summed E-state index contributed by atoms with van der Waals surface area (Å²) in [5.41, 5.74) is 2.62. The van der Waals surface area contributed by atoms with E-state index in [1.807, 2.05) is 12.1 Å². The normalized spacial score (nSPS) is 12.8. The molecule has 0 bridgehead atoms. The molecule has 3 aromatic carbocycles. The van der Waals surface area contributed by atoms with Crippen LogP contribution in [0.25, 0.3) is 0 Å². The fourth-order valence-corrected chi connectivity index (χ4v) is 4.11. The first kappa shape index (κ1) is 23.4. The number of benzene rings is 3. The summed E-state index contributed by atoms with van der Waals surface area (Å²) in [5, 5.41) is 0. The molecule has 0 aliphatic heterocycles. The van der Waals surface area contributed by atoms with Crippen LogP contribution in [0.2, 0.25) is 0 Å². The molecule has 0 spiro atoms. The van der Waals surface area contributed by atoms with Crippen LogP contribution in [-0.4, -0.2) is 30.9 Å². The predicted molar refractivity (Wildman–Crippen MR) is 130 cm³/mol. The third kappa shape index (κ3) is 5.72. The number of rotatable bonds is 11. The molecule has 0 saturated heterocycles. The van der Waals surface area contributed by atoms with Gasteiger partial charge in [-0.3, -0.25) is 0 Å². The van der Waals surface area contributed by atoms with Gasteiger partial charge >= 0.3 is 197 Å². The molecule has 0 amide bonds. The molecule has 3 rings (SSSR count). The van der Waals surface area contributed by atoms with Gasteiger partial charge in [-0.15, -0.1) is 0 Å². The Morgan fingerprint density at radius 2 is 1.35 bits per heavy atom. The Balaban J connectivity index is 2.18. The molecule has 1 atom stereocenters. The fourth-order valence-electron chi connectivity index (χ4n) is 4.11. The Labute approximate surface area is 196 Å². The summed E-state index contributed by atoms with van der Waals surface area (Å²) >= 11 is 2.07. The molecule has 3 aromatic rings. The Morgan fingerprint density at radius 3 is 1.84 bits per heavy atom. The van der Waals surface area contributed by atoms with Crippen molar-refractivity contribution in [2.75, 3.05) is 7.11 Å². The van der Waals surface area contributed by atoms with Crippen molar-refractivity contribution in [3.05, 3.63) is 112 Å². The van der Waals surface area contributed by atoms with Crippen LogP contribution in [0.4, 0.5) is 0 Å². The van der Waals surface area contributed by atoms with Crippen molar-refractivity contribution in [3.8, 4) is 5.75 Å². The Hall–Kier alpha value is -2.24.